The second kappa shape index (κ2) is 7.20. The number of hydrogen-bond donors (Lipinski definition) is 1. The second-order valence-electron chi connectivity index (χ2n) is 9.49. The molecule has 2 aliphatic carbocycles. The first-order chi connectivity index (χ1) is 13.4. The zero-order valence-electron chi connectivity index (χ0n) is 17.6. The summed E-state index contributed by atoms with van der Waals surface area (Å²) < 4.78 is 0. The topological polar surface area (TPSA) is 49.4 Å². The molecule has 1 N–H and O–H groups in total. The van der Waals surface area contributed by atoms with E-state index in [-0.39, 0.29) is 17.7 Å². The first-order valence-corrected chi connectivity index (χ1v) is 11.1. The molecular formula is C24H34N2O2. The maximum atomic E-state index is 13.0. The molecule has 28 heavy (non-hydrogen) atoms. The van der Waals surface area contributed by atoms with Gasteiger partial charge in [0.1, 0.15) is 0 Å². The van der Waals surface area contributed by atoms with Crippen LogP contribution in [-0.2, 0) is 20.4 Å². The summed E-state index contributed by atoms with van der Waals surface area (Å²) in [7, 11) is 0. The minimum Gasteiger partial charge on any atom is -0.355 e. The fraction of sp³-hybridized carbons (Fsp3) is 0.667. The zero-order chi connectivity index (χ0) is 19.9. The molecule has 1 aromatic rings. The van der Waals surface area contributed by atoms with Gasteiger partial charge in [0.05, 0.1) is 5.92 Å². The maximum absolute atomic E-state index is 13.0. The van der Waals surface area contributed by atoms with E-state index in [1.54, 1.807) is 0 Å². The number of rotatable bonds is 7. The van der Waals surface area contributed by atoms with Crippen molar-refractivity contribution < 1.29 is 9.59 Å². The number of nitrogens with zero attached hydrogens (tertiary/aromatic N) is 1. The molecule has 4 nitrogen and oxygen atoms in total. The first-order valence-electron chi connectivity index (χ1n) is 11.1. The molecule has 1 aromatic carbocycles. The van der Waals surface area contributed by atoms with Crippen LogP contribution in [0.25, 0.3) is 0 Å². The van der Waals surface area contributed by atoms with E-state index in [2.05, 4.69) is 41.4 Å². The van der Waals surface area contributed by atoms with Crippen LogP contribution in [0.1, 0.15) is 70.4 Å². The van der Waals surface area contributed by atoms with Gasteiger partial charge in [0, 0.05) is 31.5 Å². The van der Waals surface area contributed by atoms with Gasteiger partial charge < -0.3 is 10.2 Å². The Morgan fingerprint density at radius 1 is 1.14 bits per heavy atom. The van der Waals surface area contributed by atoms with Gasteiger partial charge in [-0.25, -0.2) is 0 Å². The van der Waals surface area contributed by atoms with Gasteiger partial charge >= 0.3 is 0 Å². The highest BCUT2D eigenvalue weighted by molar-refractivity contribution is 5.81. The zero-order valence-corrected chi connectivity index (χ0v) is 17.6. The first kappa shape index (κ1) is 19.5. The van der Waals surface area contributed by atoms with Crippen molar-refractivity contribution in [1.82, 2.24) is 10.2 Å². The van der Waals surface area contributed by atoms with Gasteiger partial charge in [0.15, 0.2) is 0 Å². The molecule has 0 aromatic heterocycles. The van der Waals surface area contributed by atoms with E-state index in [0.29, 0.717) is 29.7 Å². The minimum atomic E-state index is -0.0969. The number of carbonyl (C=O) groups excluding carboxylic acids is 2. The van der Waals surface area contributed by atoms with Crippen LogP contribution in [0, 0.1) is 11.8 Å². The SMILES string of the molecule is CCC(=O)NCC(CC)C(=O)N1CCC2(c3ccc(C4(C)CC4)cc3)CC2C1. The van der Waals surface area contributed by atoms with Gasteiger partial charge in [-0.3, -0.25) is 9.59 Å². The third kappa shape index (κ3) is 3.46. The molecule has 3 unspecified atom stereocenters. The number of piperidine rings is 1. The summed E-state index contributed by atoms with van der Waals surface area (Å²) in [6.45, 7) is 8.41. The Morgan fingerprint density at radius 3 is 2.39 bits per heavy atom. The average molecular weight is 383 g/mol. The van der Waals surface area contributed by atoms with E-state index in [0.717, 1.165) is 25.9 Å². The van der Waals surface area contributed by atoms with Gasteiger partial charge in [0.2, 0.25) is 11.8 Å². The molecule has 3 fully saturated rings. The molecule has 1 saturated heterocycles. The molecule has 3 aliphatic rings. The van der Waals surface area contributed by atoms with Crippen molar-refractivity contribution in [3.8, 4) is 0 Å². The molecule has 3 atom stereocenters. The highest BCUT2D eigenvalue weighted by Crippen LogP contribution is 2.59. The molecule has 0 radical (unpaired) electrons. The maximum Gasteiger partial charge on any atom is 0.227 e. The monoisotopic (exact) mass is 382 g/mol. The van der Waals surface area contributed by atoms with Crippen LogP contribution in [0.2, 0.25) is 0 Å². The fourth-order valence-corrected chi connectivity index (χ4v) is 5.02. The molecule has 1 aliphatic heterocycles. The van der Waals surface area contributed by atoms with Crippen LogP contribution in [0.4, 0.5) is 0 Å². The summed E-state index contributed by atoms with van der Waals surface area (Å²) in [5, 5.41) is 2.89. The highest BCUT2D eigenvalue weighted by atomic mass is 16.2. The van der Waals surface area contributed by atoms with Crippen molar-refractivity contribution in [3.05, 3.63) is 35.4 Å². The lowest BCUT2D eigenvalue weighted by Gasteiger charge is -2.34. The molecular weight excluding hydrogens is 348 g/mol. The summed E-state index contributed by atoms with van der Waals surface area (Å²) in [5.74, 6) is 0.738. The predicted molar refractivity (Wildman–Crippen MR) is 111 cm³/mol. The molecule has 0 spiro atoms. The number of likely N-dealkylation sites (tertiary alicyclic amines) is 1. The third-order valence-electron chi connectivity index (χ3n) is 7.68. The summed E-state index contributed by atoms with van der Waals surface area (Å²) in [6, 6.07) is 9.39. The normalized spacial score (nSPS) is 28.2. The van der Waals surface area contributed by atoms with E-state index in [1.165, 1.54) is 30.4 Å². The Labute approximate surface area is 169 Å². The van der Waals surface area contributed by atoms with Gasteiger partial charge in [-0.05, 0) is 54.6 Å². The van der Waals surface area contributed by atoms with Crippen molar-refractivity contribution in [3.63, 3.8) is 0 Å². The Kier molecular flexibility index (Phi) is 5.01. The smallest absolute Gasteiger partial charge is 0.227 e. The molecule has 2 amide bonds. The lowest BCUT2D eigenvalue weighted by molar-refractivity contribution is -0.137. The molecule has 4 heteroatoms. The summed E-state index contributed by atoms with van der Waals surface area (Å²) in [6.07, 6.45) is 6.14. The predicted octanol–water partition coefficient (Wildman–Crippen LogP) is 3.78. The fourth-order valence-electron chi connectivity index (χ4n) is 5.02. The largest absolute Gasteiger partial charge is 0.355 e. The summed E-state index contributed by atoms with van der Waals surface area (Å²) in [5.41, 5.74) is 3.69. The molecule has 152 valence electrons. The van der Waals surface area contributed by atoms with Crippen molar-refractivity contribution in [2.24, 2.45) is 11.8 Å². The van der Waals surface area contributed by atoms with E-state index in [1.807, 2.05) is 13.8 Å². The summed E-state index contributed by atoms with van der Waals surface area (Å²) >= 11 is 0. The lowest BCUT2D eigenvalue weighted by Crippen LogP contribution is -2.46. The van der Waals surface area contributed by atoms with Crippen molar-refractivity contribution in [2.75, 3.05) is 19.6 Å². The lowest BCUT2D eigenvalue weighted by atomic mass is 9.85. The number of carbonyl (C=O) groups is 2. The molecule has 2 saturated carbocycles. The Morgan fingerprint density at radius 2 is 1.82 bits per heavy atom. The third-order valence-corrected chi connectivity index (χ3v) is 7.68. The number of amides is 2. The Balaban J connectivity index is 1.36. The van der Waals surface area contributed by atoms with E-state index in [4.69, 9.17) is 0 Å². The Hall–Kier alpha value is -1.84. The standard InChI is InChI=1S/C24H34N2O2/c1-4-17(15-25-21(27)5-2)22(28)26-13-12-24(14-20(24)16-26)19-8-6-18(7-9-19)23(3)10-11-23/h6-9,17,20H,4-5,10-16H2,1-3H3,(H,25,27). The average Bonchev–Trinajstić information content (AvgIpc) is 3.63. The van der Waals surface area contributed by atoms with Gasteiger partial charge in [-0.15, -0.1) is 0 Å². The molecule has 4 rings (SSSR count). The Bertz CT molecular complexity index is 752. The van der Waals surface area contributed by atoms with Gasteiger partial charge in [-0.1, -0.05) is 45.0 Å². The quantitative estimate of drug-likeness (QED) is 0.780. The van der Waals surface area contributed by atoms with Crippen molar-refractivity contribution in [1.29, 1.82) is 0 Å². The van der Waals surface area contributed by atoms with Gasteiger partial charge in [0.25, 0.3) is 0 Å². The number of benzene rings is 1. The highest BCUT2D eigenvalue weighted by Gasteiger charge is 2.58. The van der Waals surface area contributed by atoms with Crippen LogP contribution < -0.4 is 5.32 Å². The summed E-state index contributed by atoms with van der Waals surface area (Å²) in [4.78, 5) is 26.6. The van der Waals surface area contributed by atoms with Crippen LogP contribution in [-0.4, -0.2) is 36.3 Å². The minimum absolute atomic E-state index is 0.0228. The van der Waals surface area contributed by atoms with E-state index in [9.17, 15) is 9.59 Å². The van der Waals surface area contributed by atoms with E-state index >= 15 is 0 Å². The number of nitrogens with one attached hydrogen (secondary N) is 1. The van der Waals surface area contributed by atoms with Crippen LogP contribution in [0.3, 0.4) is 0 Å². The van der Waals surface area contributed by atoms with Crippen molar-refractivity contribution in [2.45, 2.75) is 70.1 Å². The van der Waals surface area contributed by atoms with Crippen LogP contribution in [0.15, 0.2) is 24.3 Å². The molecule has 0 bridgehead atoms. The number of hydrogen-bond acceptors (Lipinski definition) is 2. The van der Waals surface area contributed by atoms with Crippen LogP contribution in [0.5, 0.6) is 0 Å². The van der Waals surface area contributed by atoms with Crippen LogP contribution >= 0.6 is 0 Å². The second-order valence-corrected chi connectivity index (χ2v) is 9.49. The van der Waals surface area contributed by atoms with E-state index < -0.39 is 0 Å². The molecule has 1 heterocycles. The number of fused-ring (bicyclic) bond motifs is 1. The van der Waals surface area contributed by atoms with Gasteiger partial charge in [-0.2, -0.15) is 0 Å². The van der Waals surface area contributed by atoms with Crippen molar-refractivity contribution >= 4 is 11.8 Å².